The van der Waals surface area contributed by atoms with Gasteiger partial charge in [-0.1, -0.05) is 23.9 Å². The SMILES string of the molecule is Cn1c(O)c(C(=Nc2ccc(F)cc2)SCC(=O)Nc2ccccc2F)c(=O)n(C)c1=O. The maximum Gasteiger partial charge on any atom is 0.333 e. The van der Waals surface area contributed by atoms with Gasteiger partial charge in [0.15, 0.2) is 0 Å². The van der Waals surface area contributed by atoms with Crippen molar-refractivity contribution in [1.82, 2.24) is 9.13 Å². The number of rotatable bonds is 5. The fourth-order valence-corrected chi connectivity index (χ4v) is 3.53. The van der Waals surface area contributed by atoms with Crippen molar-refractivity contribution in [2.75, 3.05) is 11.1 Å². The Bertz CT molecular complexity index is 1320. The van der Waals surface area contributed by atoms with Gasteiger partial charge < -0.3 is 10.4 Å². The largest absolute Gasteiger partial charge is 0.494 e. The Morgan fingerprint density at radius 3 is 2.38 bits per heavy atom. The number of aromatic nitrogens is 2. The highest BCUT2D eigenvalue weighted by molar-refractivity contribution is 8.15. The Morgan fingerprint density at radius 2 is 1.72 bits per heavy atom. The van der Waals surface area contributed by atoms with Crippen LogP contribution in [0.15, 0.2) is 63.1 Å². The van der Waals surface area contributed by atoms with E-state index in [0.717, 1.165) is 33.0 Å². The van der Waals surface area contributed by atoms with Crippen LogP contribution in [-0.4, -0.2) is 30.9 Å². The monoisotopic (exact) mass is 460 g/mol. The summed E-state index contributed by atoms with van der Waals surface area (Å²) in [4.78, 5) is 41.4. The molecule has 0 bridgehead atoms. The van der Waals surface area contributed by atoms with Crippen LogP contribution in [0.5, 0.6) is 5.88 Å². The van der Waals surface area contributed by atoms with Crippen LogP contribution in [0, 0.1) is 11.6 Å². The van der Waals surface area contributed by atoms with Crippen molar-refractivity contribution in [3.8, 4) is 5.88 Å². The first kappa shape index (κ1) is 22.9. The summed E-state index contributed by atoms with van der Waals surface area (Å²) in [5.41, 5.74) is -1.65. The molecule has 11 heteroatoms. The Balaban J connectivity index is 1.99. The average molecular weight is 460 g/mol. The van der Waals surface area contributed by atoms with Crippen molar-refractivity contribution in [2.45, 2.75) is 0 Å². The number of carbonyl (C=O) groups is 1. The number of hydrogen-bond acceptors (Lipinski definition) is 6. The molecule has 1 heterocycles. The number of carbonyl (C=O) groups excluding carboxylic acids is 1. The number of nitrogens with zero attached hydrogens (tertiary/aromatic N) is 3. The molecule has 32 heavy (non-hydrogen) atoms. The second-order valence-corrected chi connectivity index (χ2v) is 7.58. The molecule has 3 rings (SSSR count). The fraction of sp³-hybridized carbons (Fsp3) is 0.143. The number of hydrogen-bond donors (Lipinski definition) is 2. The van der Waals surface area contributed by atoms with Crippen LogP contribution in [0.2, 0.25) is 0 Å². The molecule has 0 aliphatic rings. The van der Waals surface area contributed by atoms with E-state index in [1.54, 1.807) is 6.07 Å². The third-order valence-corrected chi connectivity index (χ3v) is 5.37. The number of aromatic hydroxyl groups is 1. The highest BCUT2D eigenvalue weighted by Crippen LogP contribution is 2.23. The van der Waals surface area contributed by atoms with E-state index in [-0.39, 0.29) is 27.7 Å². The highest BCUT2D eigenvalue weighted by atomic mass is 32.2. The van der Waals surface area contributed by atoms with Crippen LogP contribution in [-0.2, 0) is 18.9 Å². The van der Waals surface area contributed by atoms with E-state index in [9.17, 15) is 28.3 Å². The molecule has 0 aliphatic heterocycles. The number of anilines is 1. The van der Waals surface area contributed by atoms with Crippen LogP contribution in [0.4, 0.5) is 20.2 Å². The van der Waals surface area contributed by atoms with Crippen molar-refractivity contribution in [3.05, 3.63) is 86.6 Å². The van der Waals surface area contributed by atoms with Gasteiger partial charge in [-0.3, -0.25) is 18.7 Å². The van der Waals surface area contributed by atoms with Gasteiger partial charge in [-0.05, 0) is 36.4 Å². The Hall–Kier alpha value is -3.73. The number of para-hydroxylation sites is 1. The Morgan fingerprint density at radius 1 is 1.06 bits per heavy atom. The van der Waals surface area contributed by atoms with Gasteiger partial charge in [0.05, 0.1) is 17.1 Å². The number of benzene rings is 2. The van der Waals surface area contributed by atoms with E-state index in [1.165, 1.54) is 44.4 Å². The van der Waals surface area contributed by atoms with Crippen LogP contribution < -0.4 is 16.6 Å². The molecule has 2 aromatic carbocycles. The number of aliphatic imine (C=N–C) groups is 1. The first-order chi connectivity index (χ1) is 15.2. The number of halogens is 2. The number of thioether (sulfide) groups is 1. The van der Waals surface area contributed by atoms with Gasteiger partial charge in [0.2, 0.25) is 11.8 Å². The molecule has 0 spiro atoms. The molecule has 3 aromatic rings. The standard InChI is InChI=1S/C21H18F2N4O4S/c1-26-19(29)17(20(30)27(2)21(26)31)18(24-13-9-7-12(22)8-10-13)32-11-16(28)25-15-6-4-3-5-14(15)23/h3-10,29H,11H2,1-2H3,(H,25,28). The maximum absolute atomic E-state index is 13.8. The molecule has 8 nitrogen and oxygen atoms in total. The summed E-state index contributed by atoms with van der Waals surface area (Å²) in [6.45, 7) is 0. The third kappa shape index (κ3) is 4.94. The molecule has 0 unspecified atom stereocenters. The van der Waals surface area contributed by atoms with E-state index in [4.69, 9.17) is 0 Å². The van der Waals surface area contributed by atoms with Gasteiger partial charge in [0, 0.05) is 14.1 Å². The molecule has 0 saturated heterocycles. The van der Waals surface area contributed by atoms with Crippen molar-refractivity contribution in [1.29, 1.82) is 0 Å². The van der Waals surface area contributed by atoms with Crippen LogP contribution in [0.1, 0.15) is 5.56 Å². The lowest BCUT2D eigenvalue weighted by atomic mass is 10.3. The van der Waals surface area contributed by atoms with Crippen molar-refractivity contribution in [3.63, 3.8) is 0 Å². The minimum atomic E-state index is -0.825. The summed E-state index contributed by atoms with van der Waals surface area (Å²) >= 11 is 0.792. The van der Waals surface area contributed by atoms with E-state index in [2.05, 4.69) is 10.3 Å². The minimum absolute atomic E-state index is 0.0176. The van der Waals surface area contributed by atoms with Crippen LogP contribution in [0.25, 0.3) is 0 Å². The van der Waals surface area contributed by atoms with Crippen LogP contribution >= 0.6 is 11.8 Å². The molecule has 166 valence electrons. The molecular formula is C21H18F2N4O4S. The molecule has 1 amide bonds. The predicted octanol–water partition coefficient (Wildman–Crippen LogP) is 2.52. The first-order valence-corrected chi connectivity index (χ1v) is 10.2. The summed E-state index contributed by atoms with van der Waals surface area (Å²) in [6, 6.07) is 10.6. The summed E-state index contributed by atoms with van der Waals surface area (Å²) in [6.07, 6.45) is 0. The lowest BCUT2D eigenvalue weighted by Crippen LogP contribution is -2.39. The summed E-state index contributed by atoms with van der Waals surface area (Å²) in [7, 11) is 2.50. The van der Waals surface area contributed by atoms with E-state index >= 15 is 0 Å². The van der Waals surface area contributed by atoms with Gasteiger partial charge in [-0.15, -0.1) is 0 Å². The first-order valence-electron chi connectivity index (χ1n) is 9.20. The number of amides is 1. The normalized spacial score (nSPS) is 11.4. The van der Waals surface area contributed by atoms with Gasteiger partial charge in [-0.2, -0.15) is 0 Å². The molecule has 0 radical (unpaired) electrons. The maximum atomic E-state index is 13.8. The zero-order chi connectivity index (χ0) is 23.4. The molecular weight excluding hydrogens is 442 g/mol. The molecule has 0 aliphatic carbocycles. The lowest BCUT2D eigenvalue weighted by molar-refractivity contribution is -0.113. The van der Waals surface area contributed by atoms with Gasteiger partial charge in [0.1, 0.15) is 22.2 Å². The van der Waals surface area contributed by atoms with E-state index in [0.29, 0.717) is 0 Å². The Labute approximate surface area is 184 Å². The quantitative estimate of drug-likeness (QED) is 0.450. The Kier molecular flexibility index (Phi) is 6.89. The predicted molar refractivity (Wildman–Crippen MR) is 119 cm³/mol. The summed E-state index contributed by atoms with van der Waals surface area (Å²) in [5, 5.41) is 12.8. The van der Waals surface area contributed by atoms with Crippen molar-refractivity contribution < 1.29 is 18.7 Å². The second-order valence-electron chi connectivity index (χ2n) is 6.61. The zero-order valence-corrected chi connectivity index (χ0v) is 17.8. The highest BCUT2D eigenvalue weighted by Gasteiger charge is 2.22. The van der Waals surface area contributed by atoms with Crippen molar-refractivity contribution in [2.24, 2.45) is 19.1 Å². The van der Waals surface area contributed by atoms with Gasteiger partial charge >= 0.3 is 5.69 Å². The molecule has 0 saturated carbocycles. The second kappa shape index (κ2) is 9.60. The molecule has 1 aromatic heterocycles. The fourth-order valence-electron chi connectivity index (χ4n) is 2.70. The van der Waals surface area contributed by atoms with E-state index in [1.807, 2.05) is 0 Å². The zero-order valence-electron chi connectivity index (χ0n) is 17.0. The third-order valence-electron chi connectivity index (χ3n) is 4.39. The minimum Gasteiger partial charge on any atom is -0.494 e. The van der Waals surface area contributed by atoms with Gasteiger partial charge in [-0.25, -0.2) is 18.6 Å². The summed E-state index contributed by atoms with van der Waals surface area (Å²) < 4.78 is 28.7. The molecule has 2 N–H and O–H groups in total. The van der Waals surface area contributed by atoms with E-state index < -0.39 is 34.7 Å². The van der Waals surface area contributed by atoms with Gasteiger partial charge in [0.25, 0.3) is 5.56 Å². The van der Waals surface area contributed by atoms with Crippen molar-refractivity contribution >= 4 is 34.1 Å². The lowest BCUT2D eigenvalue weighted by Gasteiger charge is -2.12. The summed E-state index contributed by atoms with van der Waals surface area (Å²) in [5.74, 6) is -2.63. The average Bonchev–Trinajstić information content (AvgIpc) is 2.77. The number of nitrogens with one attached hydrogen (secondary N) is 1. The van der Waals surface area contributed by atoms with Crippen LogP contribution in [0.3, 0.4) is 0 Å². The molecule has 0 fully saturated rings. The topological polar surface area (TPSA) is 106 Å². The molecule has 0 atom stereocenters. The smallest absolute Gasteiger partial charge is 0.333 e.